The van der Waals surface area contributed by atoms with Crippen molar-refractivity contribution in [1.82, 2.24) is 5.32 Å². The Kier molecular flexibility index (Phi) is 9.37. The lowest BCUT2D eigenvalue weighted by Crippen LogP contribution is -2.33. The van der Waals surface area contributed by atoms with E-state index in [2.05, 4.69) is 5.32 Å². The van der Waals surface area contributed by atoms with Crippen LogP contribution in [0.25, 0.3) is 0 Å². The van der Waals surface area contributed by atoms with Gasteiger partial charge in [0, 0.05) is 13.0 Å². The highest BCUT2D eigenvalue weighted by atomic mass is 35.5. The van der Waals surface area contributed by atoms with Crippen molar-refractivity contribution in [3.63, 3.8) is 0 Å². The molecule has 0 bridgehead atoms. The van der Waals surface area contributed by atoms with Gasteiger partial charge in [-0.3, -0.25) is 9.10 Å². The fourth-order valence-corrected chi connectivity index (χ4v) is 4.41. The van der Waals surface area contributed by atoms with Crippen LogP contribution in [0.5, 0.6) is 5.75 Å². The van der Waals surface area contributed by atoms with Gasteiger partial charge in [0.05, 0.1) is 38.6 Å². The zero-order chi connectivity index (χ0) is 22.3. The van der Waals surface area contributed by atoms with Crippen molar-refractivity contribution >= 4 is 68.0 Å². The largest absolute Gasteiger partial charge is 0.490 e. The third-order valence-corrected chi connectivity index (χ3v) is 6.46. The van der Waals surface area contributed by atoms with Crippen molar-refractivity contribution in [3.8, 4) is 5.75 Å². The zero-order valence-electron chi connectivity index (χ0n) is 16.0. The van der Waals surface area contributed by atoms with Gasteiger partial charge in [0.1, 0.15) is 12.4 Å². The summed E-state index contributed by atoms with van der Waals surface area (Å²) in [5.74, 6) is 0.308. The molecule has 2 aromatic carbocycles. The molecule has 0 aliphatic rings. The summed E-state index contributed by atoms with van der Waals surface area (Å²) in [5, 5.41) is 3.75. The van der Waals surface area contributed by atoms with Gasteiger partial charge < -0.3 is 10.1 Å². The molecule has 2 rings (SSSR count). The molecular formula is C19H20Cl4N2O4S. The molecule has 0 atom stereocenters. The highest BCUT2D eigenvalue weighted by molar-refractivity contribution is 7.92. The van der Waals surface area contributed by atoms with E-state index in [4.69, 9.17) is 51.1 Å². The number of nitrogens with one attached hydrogen (secondary N) is 1. The molecule has 0 aliphatic carbocycles. The van der Waals surface area contributed by atoms with Crippen molar-refractivity contribution < 1.29 is 17.9 Å². The van der Waals surface area contributed by atoms with Gasteiger partial charge in [0.25, 0.3) is 0 Å². The number of para-hydroxylation sites is 1. The monoisotopic (exact) mass is 512 g/mol. The van der Waals surface area contributed by atoms with E-state index in [1.54, 1.807) is 24.3 Å². The van der Waals surface area contributed by atoms with Crippen LogP contribution < -0.4 is 14.4 Å². The number of hydrogen-bond donors (Lipinski definition) is 1. The summed E-state index contributed by atoms with van der Waals surface area (Å²) < 4.78 is 31.0. The average molecular weight is 514 g/mol. The molecule has 0 saturated carbocycles. The Labute approximate surface area is 196 Å². The number of carbonyl (C=O) groups is 1. The van der Waals surface area contributed by atoms with Crippen LogP contribution in [0.3, 0.4) is 0 Å². The van der Waals surface area contributed by atoms with Crippen LogP contribution in [-0.4, -0.2) is 40.3 Å². The van der Waals surface area contributed by atoms with E-state index in [0.29, 0.717) is 17.3 Å². The van der Waals surface area contributed by atoms with Crippen LogP contribution in [0.4, 0.5) is 5.69 Å². The number of hydrogen-bond acceptors (Lipinski definition) is 4. The third kappa shape index (κ3) is 7.39. The Morgan fingerprint density at radius 3 is 2.37 bits per heavy atom. The summed E-state index contributed by atoms with van der Waals surface area (Å²) in [7, 11) is -3.64. The van der Waals surface area contributed by atoms with Gasteiger partial charge in [0.2, 0.25) is 15.9 Å². The molecule has 0 unspecified atom stereocenters. The zero-order valence-corrected chi connectivity index (χ0v) is 19.8. The maximum Gasteiger partial charge on any atom is 0.232 e. The SMILES string of the molecule is CS(=O)(=O)N(CCCC(=O)NCCOc1ccccc1Cl)c1cc(Cl)c(Cl)cc1Cl. The Morgan fingerprint density at radius 1 is 1.03 bits per heavy atom. The molecule has 0 aliphatic heterocycles. The lowest BCUT2D eigenvalue weighted by Gasteiger charge is -2.24. The Hall–Kier alpha value is -1.38. The summed E-state index contributed by atoms with van der Waals surface area (Å²) >= 11 is 24.0. The second-order valence-corrected chi connectivity index (χ2v) is 9.82. The lowest BCUT2D eigenvalue weighted by atomic mass is 10.2. The van der Waals surface area contributed by atoms with Crippen LogP contribution in [0, 0.1) is 0 Å². The molecule has 0 fully saturated rings. The summed E-state index contributed by atoms with van der Waals surface area (Å²) in [6.07, 6.45) is 1.45. The van der Waals surface area contributed by atoms with Gasteiger partial charge in [0.15, 0.2) is 0 Å². The van der Waals surface area contributed by atoms with E-state index in [0.717, 1.165) is 10.6 Å². The maximum absolute atomic E-state index is 12.2. The second kappa shape index (κ2) is 11.3. The van der Waals surface area contributed by atoms with E-state index in [9.17, 15) is 13.2 Å². The summed E-state index contributed by atoms with van der Waals surface area (Å²) in [5.41, 5.74) is 0.210. The van der Waals surface area contributed by atoms with Crippen molar-refractivity contribution in [2.24, 2.45) is 0 Å². The van der Waals surface area contributed by atoms with Crippen LogP contribution in [-0.2, 0) is 14.8 Å². The van der Waals surface area contributed by atoms with E-state index in [1.165, 1.54) is 12.1 Å². The van der Waals surface area contributed by atoms with Crippen molar-refractivity contribution in [2.45, 2.75) is 12.8 Å². The third-order valence-electron chi connectivity index (χ3n) is 3.94. The van der Waals surface area contributed by atoms with Crippen LogP contribution in [0.1, 0.15) is 12.8 Å². The molecule has 30 heavy (non-hydrogen) atoms. The molecule has 0 saturated heterocycles. The first-order valence-corrected chi connectivity index (χ1v) is 12.2. The van der Waals surface area contributed by atoms with Gasteiger partial charge in [-0.05, 0) is 30.7 Å². The number of rotatable bonds is 10. The number of ether oxygens (including phenoxy) is 1. The summed E-state index contributed by atoms with van der Waals surface area (Å²) in [6, 6.07) is 9.81. The fraction of sp³-hybridized carbons (Fsp3) is 0.316. The van der Waals surface area contributed by atoms with E-state index in [1.807, 2.05) is 0 Å². The summed E-state index contributed by atoms with van der Waals surface area (Å²) in [6.45, 7) is 0.600. The van der Waals surface area contributed by atoms with Crippen molar-refractivity contribution in [2.75, 3.05) is 30.3 Å². The molecule has 1 N–H and O–H groups in total. The smallest absolute Gasteiger partial charge is 0.232 e. The summed E-state index contributed by atoms with van der Waals surface area (Å²) in [4.78, 5) is 12.0. The first-order chi connectivity index (χ1) is 14.1. The Balaban J connectivity index is 1.84. The predicted molar refractivity (Wildman–Crippen MR) is 123 cm³/mol. The lowest BCUT2D eigenvalue weighted by molar-refractivity contribution is -0.121. The van der Waals surface area contributed by atoms with E-state index < -0.39 is 10.0 Å². The molecule has 11 heteroatoms. The molecule has 1 amide bonds. The molecule has 6 nitrogen and oxygen atoms in total. The van der Waals surface area contributed by atoms with E-state index >= 15 is 0 Å². The normalized spacial score (nSPS) is 11.2. The standard InChI is InChI=1S/C19H20Cl4N2O4S/c1-30(27,28)25(17-12-15(22)14(21)11-16(17)23)9-4-7-19(26)24-8-10-29-18-6-3-2-5-13(18)20/h2-3,5-6,11-12H,4,7-10H2,1H3,(H,24,26). The van der Waals surface area contributed by atoms with Crippen LogP contribution >= 0.6 is 46.4 Å². The molecule has 0 heterocycles. The van der Waals surface area contributed by atoms with Gasteiger partial charge in [-0.2, -0.15) is 0 Å². The minimum Gasteiger partial charge on any atom is -0.490 e. The first-order valence-electron chi connectivity index (χ1n) is 8.86. The first kappa shape index (κ1) is 24.9. The number of nitrogens with zero attached hydrogens (tertiary/aromatic N) is 1. The van der Waals surface area contributed by atoms with Crippen molar-refractivity contribution in [1.29, 1.82) is 0 Å². The minimum atomic E-state index is -3.64. The molecule has 164 valence electrons. The van der Waals surface area contributed by atoms with Crippen molar-refractivity contribution in [3.05, 3.63) is 56.5 Å². The molecular weight excluding hydrogens is 494 g/mol. The number of amides is 1. The van der Waals surface area contributed by atoms with Crippen LogP contribution in [0.2, 0.25) is 20.1 Å². The predicted octanol–water partition coefficient (Wildman–Crippen LogP) is 5.04. The van der Waals surface area contributed by atoms with Crippen LogP contribution in [0.15, 0.2) is 36.4 Å². The molecule has 2 aromatic rings. The average Bonchev–Trinajstić information content (AvgIpc) is 2.66. The highest BCUT2D eigenvalue weighted by Gasteiger charge is 2.21. The quantitative estimate of drug-likeness (QED) is 0.356. The van der Waals surface area contributed by atoms with E-state index in [-0.39, 0.29) is 52.7 Å². The van der Waals surface area contributed by atoms with Gasteiger partial charge in [-0.1, -0.05) is 58.5 Å². The second-order valence-electron chi connectivity index (χ2n) is 6.29. The number of benzene rings is 2. The molecule has 0 aromatic heterocycles. The Bertz CT molecular complexity index is 1000. The maximum atomic E-state index is 12.2. The van der Waals surface area contributed by atoms with Gasteiger partial charge >= 0.3 is 0 Å². The minimum absolute atomic E-state index is 0.0556. The number of sulfonamides is 1. The Morgan fingerprint density at radius 2 is 1.70 bits per heavy atom. The van der Waals surface area contributed by atoms with Gasteiger partial charge in [-0.25, -0.2) is 8.42 Å². The van der Waals surface area contributed by atoms with Gasteiger partial charge in [-0.15, -0.1) is 0 Å². The number of carbonyl (C=O) groups excluding carboxylic acids is 1. The number of halogens is 4. The highest BCUT2D eigenvalue weighted by Crippen LogP contribution is 2.35. The number of anilines is 1. The molecule has 0 spiro atoms. The molecule has 0 radical (unpaired) electrons. The topological polar surface area (TPSA) is 75.7 Å². The fourth-order valence-electron chi connectivity index (χ4n) is 2.55.